The smallest absolute Gasteiger partial charge is 0.271 e. The number of aromatic nitrogens is 1. The van der Waals surface area contributed by atoms with Crippen molar-refractivity contribution in [3.8, 4) is 11.5 Å². The number of anilines is 1. The van der Waals surface area contributed by atoms with Crippen LogP contribution in [0.5, 0.6) is 11.5 Å². The topological polar surface area (TPSA) is 81.9 Å². The Balaban J connectivity index is 1.67. The molecule has 5 rings (SSSR count). The maximum absolute atomic E-state index is 14.0. The van der Waals surface area contributed by atoms with Crippen molar-refractivity contribution in [3.05, 3.63) is 121 Å². The van der Waals surface area contributed by atoms with Gasteiger partial charge in [0.15, 0.2) is 4.80 Å². The molecule has 0 bridgehead atoms. The molecule has 1 N–H and O–H groups in total. The number of thiazole rings is 1. The monoisotopic (exact) mass is 539 g/mol. The van der Waals surface area contributed by atoms with E-state index in [-0.39, 0.29) is 17.6 Å². The van der Waals surface area contributed by atoms with Crippen LogP contribution in [0.3, 0.4) is 0 Å². The summed E-state index contributed by atoms with van der Waals surface area (Å²) in [6, 6.07) is 23.6. The fourth-order valence-corrected chi connectivity index (χ4v) is 5.57. The highest BCUT2D eigenvalue weighted by Gasteiger charge is 2.32. The first kappa shape index (κ1) is 26.2. The van der Waals surface area contributed by atoms with E-state index in [1.165, 1.54) is 11.3 Å². The van der Waals surface area contributed by atoms with E-state index >= 15 is 0 Å². The lowest BCUT2D eigenvalue weighted by Crippen LogP contribution is -2.40. The second-order valence-electron chi connectivity index (χ2n) is 9.38. The molecule has 2 heterocycles. The largest absolute Gasteiger partial charge is 0.497 e. The Hall–Kier alpha value is -4.43. The van der Waals surface area contributed by atoms with Gasteiger partial charge in [0, 0.05) is 11.3 Å². The third kappa shape index (κ3) is 5.42. The van der Waals surface area contributed by atoms with E-state index in [2.05, 4.69) is 5.32 Å². The molecule has 0 fully saturated rings. The number of nitrogens with zero attached hydrogens (tertiary/aromatic N) is 2. The lowest BCUT2D eigenvalue weighted by Gasteiger charge is -2.25. The highest BCUT2D eigenvalue weighted by Crippen LogP contribution is 2.32. The van der Waals surface area contributed by atoms with E-state index in [9.17, 15) is 9.59 Å². The average Bonchev–Trinajstić information content (AvgIpc) is 3.23. The molecule has 0 saturated carbocycles. The van der Waals surface area contributed by atoms with Gasteiger partial charge < -0.3 is 14.8 Å². The standard InChI is InChI=1S/C31H29N3O4S/c1-19(2)38-25-13-9-8-10-22(25)18-26-30(36)34-28(21-14-16-24(37-4)17-15-21)27(20(3)32-31(34)39-26)29(35)33-23-11-6-5-7-12-23/h5-19,28H,1-4H3,(H,33,35)/b26-18+/t28-/m1/s1. The van der Waals surface area contributed by atoms with E-state index in [0.717, 1.165) is 11.1 Å². The van der Waals surface area contributed by atoms with Crippen LogP contribution in [-0.2, 0) is 4.79 Å². The van der Waals surface area contributed by atoms with Crippen molar-refractivity contribution in [1.82, 2.24) is 4.57 Å². The van der Waals surface area contributed by atoms with Gasteiger partial charge in [-0.15, -0.1) is 0 Å². The molecule has 0 radical (unpaired) electrons. The van der Waals surface area contributed by atoms with Crippen molar-refractivity contribution in [2.24, 2.45) is 4.99 Å². The molecule has 1 atom stereocenters. The van der Waals surface area contributed by atoms with E-state index < -0.39 is 6.04 Å². The molecule has 39 heavy (non-hydrogen) atoms. The predicted molar refractivity (Wildman–Crippen MR) is 154 cm³/mol. The van der Waals surface area contributed by atoms with Crippen molar-refractivity contribution >= 4 is 29.0 Å². The van der Waals surface area contributed by atoms with Crippen molar-refractivity contribution in [3.63, 3.8) is 0 Å². The summed E-state index contributed by atoms with van der Waals surface area (Å²) in [5.41, 5.74) is 2.98. The summed E-state index contributed by atoms with van der Waals surface area (Å²) in [5.74, 6) is 1.07. The molecular weight excluding hydrogens is 510 g/mol. The number of amides is 1. The zero-order chi connectivity index (χ0) is 27.5. The molecule has 7 nitrogen and oxygen atoms in total. The molecule has 1 amide bonds. The highest BCUT2D eigenvalue weighted by molar-refractivity contribution is 7.07. The Bertz CT molecular complexity index is 1720. The molecule has 0 unspecified atom stereocenters. The maximum atomic E-state index is 14.0. The molecule has 0 saturated heterocycles. The van der Waals surface area contributed by atoms with Crippen LogP contribution in [0.2, 0.25) is 0 Å². The molecule has 8 heteroatoms. The molecule has 0 aliphatic carbocycles. The summed E-state index contributed by atoms with van der Waals surface area (Å²) in [5, 5.41) is 2.97. The predicted octanol–water partition coefficient (Wildman–Crippen LogP) is 4.67. The van der Waals surface area contributed by atoms with Crippen molar-refractivity contribution in [2.75, 3.05) is 12.4 Å². The summed E-state index contributed by atoms with van der Waals surface area (Å²) >= 11 is 1.29. The first-order chi connectivity index (χ1) is 18.9. The van der Waals surface area contributed by atoms with E-state index in [1.807, 2.05) is 98.8 Å². The van der Waals surface area contributed by atoms with Gasteiger partial charge in [-0.3, -0.25) is 14.2 Å². The van der Waals surface area contributed by atoms with Crippen LogP contribution in [0.1, 0.15) is 37.9 Å². The quantitative estimate of drug-likeness (QED) is 0.370. The van der Waals surface area contributed by atoms with Crippen LogP contribution >= 0.6 is 11.3 Å². The van der Waals surface area contributed by atoms with Gasteiger partial charge in [-0.25, -0.2) is 4.99 Å². The van der Waals surface area contributed by atoms with Crippen molar-refractivity contribution < 1.29 is 14.3 Å². The van der Waals surface area contributed by atoms with Gasteiger partial charge in [0.2, 0.25) is 0 Å². The molecule has 0 spiro atoms. The van der Waals surface area contributed by atoms with Gasteiger partial charge in [-0.1, -0.05) is 59.9 Å². The molecule has 1 aromatic heterocycles. The van der Waals surface area contributed by atoms with E-state index in [4.69, 9.17) is 14.5 Å². The van der Waals surface area contributed by atoms with Gasteiger partial charge in [0.1, 0.15) is 11.5 Å². The third-order valence-corrected chi connectivity index (χ3v) is 7.28. The summed E-state index contributed by atoms with van der Waals surface area (Å²) in [6.07, 6.45) is 1.82. The Morgan fingerprint density at radius 1 is 1.03 bits per heavy atom. The molecule has 4 aromatic rings. The first-order valence-electron chi connectivity index (χ1n) is 12.6. The van der Waals surface area contributed by atoms with Crippen LogP contribution in [0.15, 0.2) is 99.9 Å². The van der Waals surface area contributed by atoms with Crippen LogP contribution in [-0.4, -0.2) is 23.7 Å². The Kier molecular flexibility index (Phi) is 7.47. The van der Waals surface area contributed by atoms with E-state index in [1.54, 1.807) is 18.6 Å². The second-order valence-corrected chi connectivity index (χ2v) is 10.4. The number of nitrogens with one attached hydrogen (secondary N) is 1. The number of hydrogen-bond donors (Lipinski definition) is 1. The second kappa shape index (κ2) is 11.1. The fraction of sp³-hybridized carbons (Fsp3) is 0.194. The highest BCUT2D eigenvalue weighted by atomic mass is 32.1. The molecule has 3 aromatic carbocycles. The number of benzene rings is 3. The zero-order valence-electron chi connectivity index (χ0n) is 22.2. The van der Waals surface area contributed by atoms with Crippen molar-refractivity contribution in [1.29, 1.82) is 0 Å². The minimum Gasteiger partial charge on any atom is -0.497 e. The molecular formula is C31H29N3O4S. The zero-order valence-corrected chi connectivity index (χ0v) is 23.0. The van der Waals surface area contributed by atoms with Gasteiger partial charge in [-0.05, 0) is 62.7 Å². The lowest BCUT2D eigenvalue weighted by molar-refractivity contribution is -0.113. The average molecular weight is 540 g/mol. The number of methoxy groups -OCH3 is 1. The van der Waals surface area contributed by atoms with Gasteiger partial charge in [0.25, 0.3) is 11.5 Å². The number of hydrogen-bond acceptors (Lipinski definition) is 6. The molecule has 1 aliphatic rings. The van der Waals surface area contributed by atoms with Crippen LogP contribution < -0.4 is 29.7 Å². The minimum atomic E-state index is -0.667. The van der Waals surface area contributed by atoms with Gasteiger partial charge in [0.05, 0.1) is 35.1 Å². The van der Waals surface area contributed by atoms with E-state index in [0.29, 0.717) is 37.8 Å². The number of carbonyl (C=O) groups excluding carboxylic acids is 1. The lowest BCUT2D eigenvalue weighted by atomic mass is 9.95. The third-order valence-electron chi connectivity index (χ3n) is 6.30. The number of para-hydroxylation sites is 2. The SMILES string of the molecule is COc1ccc([C@@H]2C(C(=O)Nc3ccccc3)=C(C)N=c3s/c(=C/c4ccccc4OC(C)C)c(=O)n32)cc1. The number of ether oxygens (including phenoxy) is 2. The number of carbonyl (C=O) groups is 1. The summed E-state index contributed by atoms with van der Waals surface area (Å²) in [4.78, 5) is 32.9. The van der Waals surface area contributed by atoms with Gasteiger partial charge in [-0.2, -0.15) is 0 Å². The fourth-order valence-electron chi connectivity index (χ4n) is 4.54. The minimum absolute atomic E-state index is 0.0100. The number of allylic oxidation sites excluding steroid dienone is 1. The van der Waals surface area contributed by atoms with Crippen LogP contribution in [0, 0.1) is 0 Å². The Morgan fingerprint density at radius 3 is 2.41 bits per heavy atom. The summed E-state index contributed by atoms with van der Waals surface area (Å²) in [7, 11) is 1.60. The van der Waals surface area contributed by atoms with Crippen LogP contribution in [0.25, 0.3) is 6.08 Å². The number of rotatable bonds is 7. The summed E-state index contributed by atoms with van der Waals surface area (Å²) in [6.45, 7) is 5.73. The van der Waals surface area contributed by atoms with Gasteiger partial charge >= 0.3 is 0 Å². The Morgan fingerprint density at radius 2 is 1.72 bits per heavy atom. The first-order valence-corrected chi connectivity index (χ1v) is 13.5. The molecule has 198 valence electrons. The summed E-state index contributed by atoms with van der Waals surface area (Å²) < 4.78 is 13.4. The molecule has 1 aliphatic heterocycles. The van der Waals surface area contributed by atoms with Crippen LogP contribution in [0.4, 0.5) is 5.69 Å². The number of fused-ring (bicyclic) bond motifs is 1. The maximum Gasteiger partial charge on any atom is 0.271 e. The Labute approximate surface area is 230 Å². The van der Waals surface area contributed by atoms with Crippen molar-refractivity contribution in [2.45, 2.75) is 32.9 Å². The normalized spacial score (nSPS) is 15.1.